The van der Waals surface area contributed by atoms with Crippen LogP contribution >= 0.6 is 0 Å². The fourth-order valence-electron chi connectivity index (χ4n) is 3.90. The molecule has 0 bridgehead atoms. The van der Waals surface area contributed by atoms with Crippen molar-refractivity contribution in [2.75, 3.05) is 33.1 Å². The van der Waals surface area contributed by atoms with E-state index in [-0.39, 0.29) is 19.6 Å². The van der Waals surface area contributed by atoms with E-state index in [9.17, 15) is 9.59 Å². The molecule has 36 heavy (non-hydrogen) atoms. The monoisotopic (exact) mass is 494 g/mol. The third-order valence-corrected chi connectivity index (χ3v) is 5.54. The Morgan fingerprint density at radius 3 is 2.39 bits per heavy atom. The normalized spacial score (nSPS) is 13.9. The summed E-state index contributed by atoms with van der Waals surface area (Å²) in [7, 11) is 0. The van der Waals surface area contributed by atoms with Crippen LogP contribution in [0.1, 0.15) is 33.6 Å². The molecule has 8 heteroatoms. The van der Waals surface area contributed by atoms with E-state index in [0.29, 0.717) is 43.2 Å². The third-order valence-electron chi connectivity index (χ3n) is 5.54. The fraction of sp³-hybridized carbons (Fsp3) is 0.393. The summed E-state index contributed by atoms with van der Waals surface area (Å²) < 4.78 is 30.4. The number of carbonyl (C=O) groups excluding carboxylic acids is 2. The lowest BCUT2D eigenvalue weighted by Crippen LogP contribution is -2.39. The number of hydrogen-bond donors (Lipinski definition) is 0. The molecular weight excluding hydrogens is 462 g/mol. The molecule has 0 N–H and O–H groups in total. The molecule has 0 saturated carbocycles. The molecule has 0 spiro atoms. The van der Waals surface area contributed by atoms with Gasteiger partial charge in [-0.2, -0.15) is 4.58 Å². The Balaban J connectivity index is 1.56. The summed E-state index contributed by atoms with van der Waals surface area (Å²) in [6.45, 7) is 7.66. The number of rotatable bonds is 7. The van der Waals surface area contributed by atoms with Gasteiger partial charge in [-0.1, -0.05) is 42.5 Å². The summed E-state index contributed by atoms with van der Waals surface area (Å²) in [6.07, 6.45) is -0.134. The van der Waals surface area contributed by atoms with Crippen LogP contribution in [0.25, 0.3) is 22.1 Å². The summed E-state index contributed by atoms with van der Waals surface area (Å²) in [5.74, 6) is -0.445. The van der Waals surface area contributed by atoms with Crippen LogP contribution in [0.3, 0.4) is 0 Å². The molecule has 0 radical (unpaired) electrons. The quantitative estimate of drug-likeness (QED) is 0.280. The van der Waals surface area contributed by atoms with Crippen LogP contribution in [-0.2, 0) is 23.8 Å². The van der Waals surface area contributed by atoms with Gasteiger partial charge >= 0.3 is 17.5 Å². The minimum absolute atomic E-state index is 0.0507. The number of nitrogens with zero attached hydrogens (tertiary/aromatic N) is 1. The first-order valence-electron chi connectivity index (χ1n) is 12.1. The van der Waals surface area contributed by atoms with Gasteiger partial charge in [-0.3, -0.25) is 9.59 Å². The summed E-state index contributed by atoms with van der Waals surface area (Å²) in [4.78, 5) is 24.0. The zero-order chi connectivity index (χ0) is 25.5. The molecule has 0 atom stereocenters. The Bertz CT molecular complexity index is 1280. The molecule has 0 aliphatic carbocycles. The molecule has 1 aliphatic heterocycles. The molecule has 190 valence electrons. The van der Waals surface area contributed by atoms with Crippen molar-refractivity contribution in [1.29, 1.82) is 0 Å². The second-order valence-electron chi connectivity index (χ2n) is 9.46. The van der Waals surface area contributed by atoms with Crippen molar-refractivity contribution < 1.29 is 33.0 Å². The third kappa shape index (κ3) is 6.73. The van der Waals surface area contributed by atoms with Gasteiger partial charge in [0.15, 0.2) is 18.7 Å². The van der Waals surface area contributed by atoms with E-state index < -0.39 is 17.5 Å². The van der Waals surface area contributed by atoms with Crippen LogP contribution in [0.4, 0.5) is 0 Å². The fourth-order valence-corrected chi connectivity index (χ4v) is 3.90. The largest absolute Gasteiger partial charge is 0.460 e. The predicted molar refractivity (Wildman–Crippen MR) is 134 cm³/mol. The van der Waals surface area contributed by atoms with Crippen molar-refractivity contribution in [3.8, 4) is 16.9 Å². The summed E-state index contributed by atoms with van der Waals surface area (Å²) in [5.41, 5.74) is 2.69. The number of benzene rings is 2. The van der Waals surface area contributed by atoms with Crippen LogP contribution in [-0.4, -0.2) is 50.6 Å². The highest BCUT2D eigenvalue weighted by Crippen LogP contribution is 2.32. The number of fused-ring (bicyclic) bond motifs is 1. The first-order chi connectivity index (χ1) is 17.3. The molecule has 0 amide bonds. The van der Waals surface area contributed by atoms with Gasteiger partial charge < -0.3 is 23.4 Å². The number of morpholine rings is 1. The number of ether oxygens (including phenoxy) is 4. The summed E-state index contributed by atoms with van der Waals surface area (Å²) >= 11 is 0. The van der Waals surface area contributed by atoms with E-state index in [1.165, 1.54) is 0 Å². The number of esters is 2. The zero-order valence-corrected chi connectivity index (χ0v) is 21.0. The van der Waals surface area contributed by atoms with Crippen LogP contribution in [0, 0.1) is 0 Å². The van der Waals surface area contributed by atoms with E-state index in [2.05, 4.69) is 4.58 Å². The zero-order valence-electron chi connectivity index (χ0n) is 21.0. The average Bonchev–Trinajstić information content (AvgIpc) is 2.87. The van der Waals surface area contributed by atoms with Gasteiger partial charge in [-0.25, -0.2) is 0 Å². The smallest absolute Gasteiger partial charge is 0.371 e. The molecular formula is C28H32NO7+. The van der Waals surface area contributed by atoms with Crippen LogP contribution in [0.15, 0.2) is 59.0 Å². The Morgan fingerprint density at radius 1 is 0.944 bits per heavy atom. The molecule has 1 aromatic heterocycles. The highest BCUT2D eigenvalue weighted by atomic mass is 16.7. The van der Waals surface area contributed by atoms with E-state index in [0.717, 1.165) is 16.5 Å². The molecule has 1 fully saturated rings. The number of carbonyl (C=O) groups is 2. The predicted octanol–water partition coefficient (Wildman–Crippen LogP) is 3.90. The van der Waals surface area contributed by atoms with Gasteiger partial charge in [0, 0.05) is 5.56 Å². The van der Waals surface area contributed by atoms with Crippen molar-refractivity contribution in [1.82, 2.24) is 4.58 Å². The SMILES string of the molecule is CC(C)(C)OC(=O)CCC(=O)OCOc1cc(=[N+]2CCOCC2)oc2c(-c3ccccc3)cccc12. The van der Waals surface area contributed by atoms with Gasteiger partial charge in [0.25, 0.3) is 0 Å². The number of hydrogen-bond acceptors (Lipinski definition) is 7. The molecule has 0 unspecified atom stereocenters. The van der Waals surface area contributed by atoms with Crippen LogP contribution < -0.4 is 14.9 Å². The van der Waals surface area contributed by atoms with E-state index in [1.807, 2.05) is 54.6 Å². The van der Waals surface area contributed by atoms with Crippen LogP contribution in [0.5, 0.6) is 5.75 Å². The maximum atomic E-state index is 12.2. The van der Waals surface area contributed by atoms with Crippen molar-refractivity contribution in [2.24, 2.45) is 0 Å². The topological polar surface area (TPSA) is 87.2 Å². The highest BCUT2D eigenvalue weighted by molar-refractivity contribution is 5.95. The lowest BCUT2D eigenvalue weighted by molar-refractivity contribution is -0.160. The van der Waals surface area contributed by atoms with E-state index in [4.69, 9.17) is 23.4 Å². The minimum Gasteiger partial charge on any atom is -0.460 e. The van der Waals surface area contributed by atoms with Crippen molar-refractivity contribution in [3.05, 3.63) is 60.2 Å². The Morgan fingerprint density at radius 2 is 1.67 bits per heavy atom. The molecule has 4 rings (SSSR count). The average molecular weight is 495 g/mol. The maximum Gasteiger partial charge on any atom is 0.371 e. The van der Waals surface area contributed by atoms with Gasteiger partial charge in [0.1, 0.15) is 24.6 Å². The second-order valence-corrected chi connectivity index (χ2v) is 9.46. The molecule has 2 heterocycles. The molecule has 1 aliphatic rings. The van der Waals surface area contributed by atoms with Gasteiger partial charge in [0.2, 0.25) is 6.79 Å². The lowest BCUT2D eigenvalue weighted by atomic mass is 10.0. The second kappa shape index (κ2) is 11.4. The lowest BCUT2D eigenvalue weighted by Gasteiger charge is -2.19. The standard InChI is InChI=1S/C28H32NO7/c1-28(2,3)36-26(31)13-12-25(30)34-19-33-23-18-24(29-14-16-32-17-15-29)35-27-21(10-7-11-22(23)27)20-8-5-4-6-9-20/h4-11,18H,12-17,19H2,1-3H3/q+1. The molecule has 1 saturated heterocycles. The first-order valence-corrected chi connectivity index (χ1v) is 12.1. The van der Waals surface area contributed by atoms with Crippen molar-refractivity contribution in [2.45, 2.75) is 39.2 Å². The Hall–Kier alpha value is -3.65. The molecule has 3 aromatic rings. The summed E-state index contributed by atoms with van der Waals surface area (Å²) in [5, 5.41) is 0.762. The first kappa shape index (κ1) is 25.4. The number of para-hydroxylation sites is 1. The van der Waals surface area contributed by atoms with Crippen molar-refractivity contribution in [3.63, 3.8) is 0 Å². The molecule has 2 aromatic carbocycles. The molecule has 8 nitrogen and oxygen atoms in total. The minimum atomic E-state index is -0.597. The van der Waals surface area contributed by atoms with Crippen molar-refractivity contribution >= 4 is 22.9 Å². The van der Waals surface area contributed by atoms with Gasteiger partial charge in [-0.15, -0.1) is 0 Å². The summed E-state index contributed by atoms with van der Waals surface area (Å²) in [6, 6.07) is 17.7. The van der Waals surface area contributed by atoms with E-state index >= 15 is 0 Å². The Kier molecular flexibility index (Phi) is 8.05. The van der Waals surface area contributed by atoms with Gasteiger partial charge in [-0.05, 0) is 32.4 Å². The highest BCUT2D eigenvalue weighted by Gasteiger charge is 2.20. The van der Waals surface area contributed by atoms with Gasteiger partial charge in [0.05, 0.1) is 24.3 Å². The van der Waals surface area contributed by atoms with E-state index in [1.54, 1.807) is 20.8 Å². The maximum absolute atomic E-state index is 12.2. The van der Waals surface area contributed by atoms with Crippen LogP contribution in [0.2, 0.25) is 0 Å². The Labute approximate surface area is 210 Å².